The Balaban J connectivity index is 1.77. The lowest BCUT2D eigenvalue weighted by Gasteiger charge is -2.34. The quantitative estimate of drug-likeness (QED) is 0.285. The third-order valence-corrected chi connectivity index (χ3v) is 6.97. The molecular formula is C24H21ClF4N4O5S. The Morgan fingerprint density at radius 3 is 2.79 bits per heavy atom. The summed E-state index contributed by atoms with van der Waals surface area (Å²) < 4.78 is 64.1. The normalized spacial score (nSPS) is 20.6. The molecular weight excluding hydrogens is 568 g/mol. The van der Waals surface area contributed by atoms with Crippen molar-refractivity contribution in [3.8, 4) is 0 Å². The lowest BCUT2D eigenvalue weighted by molar-refractivity contribution is -0.140. The smallest absolute Gasteiger partial charge is 0.434 e. The summed E-state index contributed by atoms with van der Waals surface area (Å²) in [5, 5.41) is 12.6. The summed E-state index contributed by atoms with van der Waals surface area (Å²) in [5.41, 5.74) is -0.601. The third kappa shape index (κ3) is 6.82. The number of hydrogen-bond donors (Lipinski definition) is 2. The van der Waals surface area contributed by atoms with Crippen LogP contribution in [0.1, 0.15) is 22.3 Å². The van der Waals surface area contributed by atoms with Crippen LogP contribution in [0.15, 0.2) is 52.0 Å². The summed E-state index contributed by atoms with van der Waals surface area (Å²) in [6.45, 7) is 0.983. The van der Waals surface area contributed by atoms with Crippen LogP contribution < -0.4 is 5.32 Å². The Kier molecular flexibility index (Phi) is 8.69. The number of hydrogen-bond acceptors (Lipinski definition) is 9. The monoisotopic (exact) mass is 588 g/mol. The standard InChI is InChI=1S/C24H21ClF4N4O5S/c1-37-23(36)19-16(10-33-6-7-38-13(9-33)3-5-18(34)35)30-21(22-31-17(11-39-22)24(27,28)29)32-20(19)14-4-2-12(26)8-15(14)25/h2-5,8,11,13,20H,6-7,9-10H2,1H3,(H,30,32)(H,34,35)/b5-3+/t13-,20+/m1/s1. The van der Waals surface area contributed by atoms with Gasteiger partial charge in [-0.1, -0.05) is 17.7 Å². The SMILES string of the molecule is COC(=O)C1=C(CN2CCO[C@H](/C=C/C(=O)O)C2)NC(c2nc(C(F)(F)F)cs2)=N[C@H]1c1ccc(F)cc1Cl. The molecule has 3 heterocycles. The lowest BCUT2D eigenvalue weighted by Crippen LogP contribution is -2.46. The average Bonchev–Trinajstić information content (AvgIpc) is 3.38. The third-order valence-electron chi connectivity index (χ3n) is 5.80. The summed E-state index contributed by atoms with van der Waals surface area (Å²) >= 11 is 7.01. The van der Waals surface area contributed by atoms with Crippen LogP contribution in [0.2, 0.25) is 5.02 Å². The molecule has 2 aliphatic heterocycles. The highest BCUT2D eigenvalue weighted by molar-refractivity contribution is 7.11. The highest BCUT2D eigenvalue weighted by atomic mass is 35.5. The zero-order chi connectivity index (χ0) is 28.3. The fourth-order valence-corrected chi connectivity index (χ4v) is 5.09. The summed E-state index contributed by atoms with van der Waals surface area (Å²) in [7, 11) is 1.16. The van der Waals surface area contributed by atoms with E-state index in [4.69, 9.17) is 26.2 Å². The van der Waals surface area contributed by atoms with E-state index in [1.54, 1.807) is 0 Å². The van der Waals surface area contributed by atoms with Gasteiger partial charge in [0.25, 0.3) is 0 Å². The van der Waals surface area contributed by atoms with E-state index in [-0.39, 0.29) is 52.4 Å². The van der Waals surface area contributed by atoms with Crippen LogP contribution in [0.4, 0.5) is 17.6 Å². The number of carbonyl (C=O) groups excluding carboxylic acids is 1. The lowest BCUT2D eigenvalue weighted by atomic mass is 9.95. The number of carbonyl (C=O) groups is 2. The van der Waals surface area contributed by atoms with Gasteiger partial charge in [0.2, 0.25) is 0 Å². The molecule has 2 aliphatic rings. The van der Waals surface area contributed by atoms with Crippen molar-refractivity contribution in [1.82, 2.24) is 15.2 Å². The van der Waals surface area contributed by atoms with Crippen LogP contribution in [0.3, 0.4) is 0 Å². The minimum Gasteiger partial charge on any atom is -0.478 e. The van der Waals surface area contributed by atoms with Crippen LogP contribution in [-0.2, 0) is 25.2 Å². The van der Waals surface area contributed by atoms with Gasteiger partial charge < -0.3 is 19.9 Å². The predicted molar refractivity (Wildman–Crippen MR) is 133 cm³/mol. The number of nitrogens with zero attached hydrogens (tertiary/aromatic N) is 3. The van der Waals surface area contributed by atoms with E-state index < -0.39 is 41.8 Å². The van der Waals surface area contributed by atoms with Crippen molar-refractivity contribution in [2.75, 3.05) is 33.4 Å². The first kappa shape index (κ1) is 28.7. The summed E-state index contributed by atoms with van der Waals surface area (Å²) in [6.07, 6.45) is -2.87. The van der Waals surface area contributed by atoms with Crippen LogP contribution >= 0.6 is 22.9 Å². The number of rotatable bonds is 7. The van der Waals surface area contributed by atoms with E-state index >= 15 is 0 Å². The topological polar surface area (TPSA) is 113 Å². The van der Waals surface area contributed by atoms with Gasteiger partial charge in [-0.3, -0.25) is 9.89 Å². The Morgan fingerprint density at radius 2 is 2.15 bits per heavy atom. The molecule has 0 saturated carbocycles. The van der Waals surface area contributed by atoms with Crippen molar-refractivity contribution >= 4 is 40.7 Å². The molecule has 0 spiro atoms. The number of carboxylic acids is 1. The number of aliphatic imine (C=N–C) groups is 1. The zero-order valence-electron chi connectivity index (χ0n) is 20.2. The molecule has 2 N–H and O–H groups in total. The van der Waals surface area contributed by atoms with E-state index in [0.717, 1.165) is 30.7 Å². The van der Waals surface area contributed by atoms with Gasteiger partial charge in [-0.25, -0.2) is 19.0 Å². The maximum atomic E-state index is 13.8. The summed E-state index contributed by atoms with van der Waals surface area (Å²) in [4.78, 5) is 33.9. The van der Waals surface area contributed by atoms with Crippen LogP contribution in [0, 0.1) is 5.82 Å². The number of carboxylic acid groups (broad SMARTS) is 1. The van der Waals surface area contributed by atoms with Crippen molar-refractivity contribution in [2.24, 2.45) is 4.99 Å². The highest BCUT2D eigenvalue weighted by Gasteiger charge is 2.37. The van der Waals surface area contributed by atoms with Gasteiger partial charge in [0.05, 0.1) is 25.4 Å². The zero-order valence-corrected chi connectivity index (χ0v) is 21.7. The number of esters is 1. The number of alkyl halides is 3. The number of aromatic nitrogens is 1. The molecule has 0 aliphatic carbocycles. The number of thiazole rings is 1. The molecule has 15 heteroatoms. The van der Waals surface area contributed by atoms with Crippen LogP contribution in [0.5, 0.6) is 0 Å². The molecule has 2 aromatic rings. The molecule has 0 unspecified atom stereocenters. The van der Waals surface area contributed by atoms with E-state index in [1.165, 1.54) is 12.1 Å². The molecule has 9 nitrogen and oxygen atoms in total. The number of nitrogens with one attached hydrogen (secondary N) is 1. The Labute approximate surface area is 228 Å². The van der Waals surface area contributed by atoms with Crippen molar-refractivity contribution in [3.05, 3.63) is 74.1 Å². The van der Waals surface area contributed by atoms with Gasteiger partial charge in [0.15, 0.2) is 16.5 Å². The van der Waals surface area contributed by atoms with E-state index in [9.17, 15) is 27.2 Å². The van der Waals surface area contributed by atoms with E-state index in [0.29, 0.717) is 17.9 Å². The van der Waals surface area contributed by atoms with Gasteiger partial charge in [0.1, 0.15) is 11.9 Å². The second-order valence-corrected chi connectivity index (χ2v) is 9.70. The fourth-order valence-electron chi connectivity index (χ4n) is 4.05. The molecule has 0 amide bonds. The Bertz CT molecular complexity index is 1360. The van der Waals surface area contributed by atoms with Gasteiger partial charge in [-0.2, -0.15) is 13.2 Å². The van der Waals surface area contributed by atoms with Gasteiger partial charge in [-0.15, -0.1) is 11.3 Å². The Hall–Kier alpha value is -3.33. The van der Waals surface area contributed by atoms with Crippen LogP contribution in [0.25, 0.3) is 0 Å². The van der Waals surface area contributed by atoms with E-state index in [1.807, 2.05) is 4.90 Å². The number of methoxy groups -OCH3 is 1. The number of morpholine rings is 1. The highest BCUT2D eigenvalue weighted by Crippen LogP contribution is 2.37. The number of benzene rings is 1. The molecule has 4 rings (SSSR count). The van der Waals surface area contributed by atoms with Crippen molar-refractivity contribution in [3.63, 3.8) is 0 Å². The second-order valence-electron chi connectivity index (χ2n) is 8.43. The van der Waals surface area contributed by atoms with Crippen LogP contribution in [-0.4, -0.2) is 72.2 Å². The molecule has 1 aromatic carbocycles. The maximum absolute atomic E-state index is 13.8. The largest absolute Gasteiger partial charge is 0.478 e. The fraction of sp³-hybridized carbons (Fsp3) is 0.333. The first-order valence-corrected chi connectivity index (χ1v) is 12.6. The number of ether oxygens (including phenoxy) is 2. The number of aliphatic carboxylic acids is 1. The molecule has 39 heavy (non-hydrogen) atoms. The molecule has 1 fully saturated rings. The van der Waals surface area contributed by atoms with Crippen molar-refractivity contribution < 1.29 is 41.7 Å². The number of halogens is 5. The molecule has 0 radical (unpaired) electrons. The molecule has 208 valence electrons. The second kappa shape index (κ2) is 11.8. The summed E-state index contributed by atoms with van der Waals surface area (Å²) in [5.74, 6) is -2.59. The van der Waals surface area contributed by atoms with Gasteiger partial charge in [-0.05, 0) is 18.2 Å². The Morgan fingerprint density at radius 1 is 1.38 bits per heavy atom. The van der Waals surface area contributed by atoms with Gasteiger partial charge in [0, 0.05) is 47.4 Å². The molecule has 1 aromatic heterocycles. The summed E-state index contributed by atoms with van der Waals surface area (Å²) in [6, 6.07) is 2.34. The number of amidine groups is 1. The molecule has 1 saturated heterocycles. The first-order chi connectivity index (χ1) is 18.5. The van der Waals surface area contributed by atoms with Crippen molar-refractivity contribution in [2.45, 2.75) is 18.3 Å². The minimum atomic E-state index is -4.67. The maximum Gasteiger partial charge on any atom is 0.434 e. The minimum absolute atomic E-state index is 0.0199. The first-order valence-electron chi connectivity index (χ1n) is 11.4. The van der Waals surface area contributed by atoms with E-state index in [2.05, 4.69) is 15.3 Å². The van der Waals surface area contributed by atoms with Gasteiger partial charge >= 0.3 is 18.1 Å². The molecule has 2 atom stereocenters. The predicted octanol–water partition coefficient (Wildman–Crippen LogP) is 3.81. The van der Waals surface area contributed by atoms with Crippen molar-refractivity contribution in [1.29, 1.82) is 0 Å². The molecule has 0 bridgehead atoms. The average molecular weight is 589 g/mol.